The summed E-state index contributed by atoms with van der Waals surface area (Å²) in [6.45, 7) is 2.22. The van der Waals surface area contributed by atoms with Crippen LogP contribution in [0.4, 0.5) is 11.5 Å². The highest BCUT2D eigenvalue weighted by atomic mass is 35.5. The number of fused-ring (bicyclic) bond motifs is 1. The van der Waals surface area contributed by atoms with Crippen molar-refractivity contribution in [2.75, 3.05) is 44.1 Å². The van der Waals surface area contributed by atoms with Gasteiger partial charge in [0.05, 0.1) is 53.8 Å². The van der Waals surface area contributed by atoms with Crippen LogP contribution in [-0.2, 0) is 17.3 Å². The molecule has 1 N–H and O–H groups in total. The molecule has 38 heavy (non-hydrogen) atoms. The minimum atomic E-state index is -0.724. The van der Waals surface area contributed by atoms with Gasteiger partial charge in [-0.25, -0.2) is 4.98 Å². The van der Waals surface area contributed by atoms with Crippen LogP contribution in [0.3, 0.4) is 0 Å². The van der Waals surface area contributed by atoms with E-state index in [0.717, 1.165) is 35.4 Å². The number of pyridine rings is 1. The van der Waals surface area contributed by atoms with Crippen molar-refractivity contribution in [3.8, 4) is 28.7 Å². The van der Waals surface area contributed by atoms with Gasteiger partial charge in [-0.2, -0.15) is 5.26 Å². The third-order valence-corrected chi connectivity index (χ3v) is 8.25. The summed E-state index contributed by atoms with van der Waals surface area (Å²) in [5, 5.41) is 14.4. The smallest absolute Gasteiger partial charge is 0.149 e. The molecule has 0 saturated carbocycles. The minimum absolute atomic E-state index is 0.338. The van der Waals surface area contributed by atoms with Gasteiger partial charge in [0.25, 0.3) is 0 Å². The number of nitrogens with one attached hydrogen (secondary N) is 1. The molecule has 3 heterocycles. The number of hydrogen-bond donors (Lipinski definition) is 1. The molecule has 0 radical (unpaired) electrons. The fourth-order valence-corrected chi connectivity index (χ4v) is 5.98. The van der Waals surface area contributed by atoms with E-state index in [1.807, 2.05) is 18.2 Å². The van der Waals surface area contributed by atoms with Crippen LogP contribution < -0.4 is 14.8 Å². The monoisotopic (exact) mass is 570 g/mol. The third-order valence-electron chi connectivity index (χ3n) is 6.37. The Kier molecular flexibility index (Phi) is 7.77. The van der Waals surface area contributed by atoms with Crippen molar-refractivity contribution in [2.24, 2.45) is 0 Å². The summed E-state index contributed by atoms with van der Waals surface area (Å²) in [4.78, 5) is 6.98. The van der Waals surface area contributed by atoms with Gasteiger partial charge >= 0.3 is 0 Å². The van der Waals surface area contributed by atoms with Crippen molar-refractivity contribution in [3.05, 3.63) is 64.0 Å². The van der Waals surface area contributed by atoms with E-state index in [4.69, 9.17) is 42.1 Å². The van der Waals surface area contributed by atoms with E-state index in [1.54, 1.807) is 31.6 Å². The first-order valence-electron chi connectivity index (χ1n) is 11.8. The Morgan fingerprint density at radius 2 is 1.84 bits per heavy atom. The maximum atomic E-state index is 11.7. The van der Waals surface area contributed by atoms with Gasteiger partial charge in [-0.05, 0) is 30.3 Å². The molecule has 1 aliphatic heterocycles. The van der Waals surface area contributed by atoms with Crippen LogP contribution in [-0.4, -0.2) is 52.9 Å². The average molecular weight is 571 g/mol. The number of nitriles is 1. The summed E-state index contributed by atoms with van der Waals surface area (Å²) >= 11 is 12.6. The highest BCUT2D eigenvalue weighted by Gasteiger charge is 2.19. The van der Waals surface area contributed by atoms with Crippen LogP contribution in [0.25, 0.3) is 22.0 Å². The van der Waals surface area contributed by atoms with E-state index in [2.05, 4.69) is 16.3 Å². The Labute approximate surface area is 232 Å². The lowest BCUT2D eigenvalue weighted by Crippen LogP contribution is -2.37. The largest absolute Gasteiger partial charge is 0.496 e. The van der Waals surface area contributed by atoms with E-state index < -0.39 is 10.8 Å². The van der Waals surface area contributed by atoms with E-state index >= 15 is 0 Å². The van der Waals surface area contributed by atoms with Crippen molar-refractivity contribution >= 4 is 56.4 Å². The molecule has 0 unspecified atom stereocenters. The Bertz CT molecular complexity index is 1570. The zero-order valence-electron chi connectivity index (χ0n) is 20.7. The van der Waals surface area contributed by atoms with Gasteiger partial charge in [0, 0.05) is 58.0 Å². The minimum Gasteiger partial charge on any atom is -0.496 e. The Balaban J connectivity index is 1.50. The lowest BCUT2D eigenvalue weighted by atomic mass is 10.0. The number of furan rings is 1. The summed E-state index contributed by atoms with van der Waals surface area (Å²) < 4.78 is 28.5. The van der Waals surface area contributed by atoms with Crippen LogP contribution in [0, 0.1) is 11.3 Å². The van der Waals surface area contributed by atoms with Crippen molar-refractivity contribution < 1.29 is 18.1 Å². The molecule has 11 heteroatoms. The average Bonchev–Trinajstić information content (AvgIpc) is 3.38. The van der Waals surface area contributed by atoms with Crippen LogP contribution >= 0.6 is 23.2 Å². The molecule has 8 nitrogen and oxygen atoms in total. The molecule has 1 fully saturated rings. The SMILES string of the molecule is COc1cc(Nc2nc3cc(-c4coc(CN5CCS(=O)CC5)c4)c(OC)cc3cc2C#N)c(Cl)cc1Cl. The molecule has 5 rings (SSSR count). The molecule has 2 aromatic carbocycles. The second kappa shape index (κ2) is 11.2. The number of benzene rings is 2. The van der Waals surface area contributed by atoms with E-state index in [9.17, 15) is 9.47 Å². The molecule has 196 valence electrons. The molecule has 0 spiro atoms. The predicted molar refractivity (Wildman–Crippen MR) is 150 cm³/mol. The van der Waals surface area contributed by atoms with Crippen molar-refractivity contribution in [1.82, 2.24) is 9.88 Å². The number of halogens is 2. The van der Waals surface area contributed by atoms with Crippen molar-refractivity contribution in [3.63, 3.8) is 0 Å². The molecule has 0 bridgehead atoms. The normalized spacial score (nSPS) is 14.4. The second-order valence-corrected chi connectivity index (χ2v) is 11.3. The number of nitrogens with zero attached hydrogens (tertiary/aromatic N) is 3. The fourth-order valence-electron chi connectivity index (χ4n) is 4.34. The quantitative estimate of drug-likeness (QED) is 0.289. The van der Waals surface area contributed by atoms with E-state index in [1.165, 1.54) is 7.11 Å². The van der Waals surface area contributed by atoms with E-state index in [-0.39, 0.29) is 0 Å². The lowest BCUT2D eigenvalue weighted by Gasteiger charge is -2.24. The number of hydrogen-bond acceptors (Lipinski definition) is 8. The van der Waals surface area contributed by atoms with Crippen molar-refractivity contribution in [2.45, 2.75) is 6.54 Å². The fraction of sp³-hybridized carbons (Fsp3) is 0.259. The molecule has 0 amide bonds. The summed E-state index contributed by atoms with van der Waals surface area (Å²) in [6, 6.07) is 12.9. The molecular formula is C27H24Cl2N4O4S. The van der Waals surface area contributed by atoms with Crippen LogP contribution in [0.1, 0.15) is 11.3 Å². The van der Waals surface area contributed by atoms with Crippen LogP contribution in [0.2, 0.25) is 10.0 Å². The Hall–Kier alpha value is -3.29. The molecule has 2 aromatic heterocycles. The van der Waals surface area contributed by atoms with Gasteiger partial charge in [-0.1, -0.05) is 23.2 Å². The number of methoxy groups -OCH3 is 2. The zero-order valence-corrected chi connectivity index (χ0v) is 23.0. The first-order valence-corrected chi connectivity index (χ1v) is 14.0. The standard InChI is InChI=1S/C27H24Cl2N4O4S/c1-35-25-9-16-7-17(13-30)27(32-24-12-26(36-2)22(29)11-21(24)28)31-23(16)10-20(25)18-8-19(37-15-18)14-33-3-5-38(34)6-4-33/h7-12,15H,3-6,14H2,1-2H3,(H,31,32). The van der Waals surface area contributed by atoms with E-state index in [0.29, 0.717) is 62.2 Å². The maximum Gasteiger partial charge on any atom is 0.149 e. The molecular weight excluding hydrogens is 547 g/mol. The predicted octanol–water partition coefficient (Wildman–Crippen LogP) is 6.00. The van der Waals surface area contributed by atoms with Gasteiger partial charge in [0.15, 0.2) is 0 Å². The first kappa shape index (κ1) is 26.3. The van der Waals surface area contributed by atoms with Gasteiger partial charge in [-0.3, -0.25) is 9.11 Å². The molecule has 0 atom stereocenters. The Morgan fingerprint density at radius 3 is 2.55 bits per heavy atom. The van der Waals surface area contributed by atoms with Gasteiger partial charge in [0.2, 0.25) is 0 Å². The van der Waals surface area contributed by atoms with Gasteiger partial charge < -0.3 is 19.2 Å². The maximum absolute atomic E-state index is 11.7. The van der Waals surface area contributed by atoms with Gasteiger partial charge in [0.1, 0.15) is 29.1 Å². The highest BCUT2D eigenvalue weighted by molar-refractivity contribution is 7.85. The Morgan fingerprint density at radius 1 is 1.08 bits per heavy atom. The van der Waals surface area contributed by atoms with Crippen molar-refractivity contribution in [1.29, 1.82) is 5.26 Å². The van der Waals surface area contributed by atoms with Gasteiger partial charge in [-0.15, -0.1) is 0 Å². The summed E-state index contributed by atoms with van der Waals surface area (Å²) in [5.41, 5.74) is 3.16. The third kappa shape index (κ3) is 5.45. The van der Waals surface area contributed by atoms with Crippen LogP contribution in [0.5, 0.6) is 11.5 Å². The second-order valence-electron chi connectivity index (χ2n) is 8.76. The molecule has 1 aliphatic rings. The number of anilines is 2. The highest BCUT2D eigenvalue weighted by Crippen LogP contribution is 2.38. The summed E-state index contributed by atoms with van der Waals surface area (Å²) in [5.74, 6) is 3.61. The molecule has 1 saturated heterocycles. The molecule has 4 aromatic rings. The summed E-state index contributed by atoms with van der Waals surface area (Å²) in [6.07, 6.45) is 1.70. The summed E-state index contributed by atoms with van der Waals surface area (Å²) in [7, 11) is 2.39. The molecule has 0 aliphatic carbocycles. The number of rotatable bonds is 7. The number of ether oxygens (including phenoxy) is 2. The zero-order chi connectivity index (χ0) is 26.8. The lowest BCUT2D eigenvalue weighted by molar-refractivity contribution is 0.265. The van der Waals surface area contributed by atoms with Crippen LogP contribution in [0.15, 0.2) is 47.1 Å². The topological polar surface area (TPSA) is 101 Å². The first-order chi connectivity index (χ1) is 18.4. The number of aromatic nitrogens is 1.